The summed E-state index contributed by atoms with van der Waals surface area (Å²) in [4.78, 5) is 11.4. The predicted octanol–water partition coefficient (Wildman–Crippen LogP) is 3.50. The van der Waals surface area contributed by atoms with E-state index in [0.29, 0.717) is 6.42 Å². The van der Waals surface area contributed by atoms with E-state index >= 15 is 0 Å². The van der Waals surface area contributed by atoms with Gasteiger partial charge >= 0.3 is 0 Å². The lowest BCUT2D eigenvalue weighted by Gasteiger charge is -2.00. The van der Waals surface area contributed by atoms with Crippen LogP contribution in [0.5, 0.6) is 0 Å². The maximum absolute atomic E-state index is 11.4. The third kappa shape index (κ3) is 4.62. The fourth-order valence-corrected chi connectivity index (χ4v) is 2.30. The molecule has 0 unspecified atom stereocenters. The molecule has 0 aromatic carbocycles. The molecule has 0 radical (unpaired) electrons. The third-order valence-electron chi connectivity index (χ3n) is 2.68. The molecule has 0 saturated heterocycles. The minimum atomic E-state index is -0.567. The molecule has 0 aromatic heterocycles. The number of rotatable bonds is 6. The second-order valence-corrected chi connectivity index (χ2v) is 5.23. The number of halogens is 1. The van der Waals surface area contributed by atoms with Crippen molar-refractivity contribution < 1.29 is 9.90 Å². The van der Waals surface area contributed by atoms with Crippen molar-refractivity contribution in [2.24, 2.45) is 0 Å². The van der Waals surface area contributed by atoms with Crippen LogP contribution in [-0.2, 0) is 4.79 Å². The summed E-state index contributed by atoms with van der Waals surface area (Å²) in [6, 6.07) is 0. The Hall–Kier alpha value is -0.410. The molecule has 0 amide bonds. The Morgan fingerprint density at radius 3 is 2.94 bits per heavy atom. The van der Waals surface area contributed by atoms with Crippen molar-refractivity contribution in [3.8, 4) is 0 Å². The van der Waals surface area contributed by atoms with Crippen LogP contribution in [0.15, 0.2) is 22.2 Å². The van der Waals surface area contributed by atoms with Crippen molar-refractivity contribution in [3.05, 3.63) is 22.2 Å². The van der Waals surface area contributed by atoms with Gasteiger partial charge in [0.25, 0.3) is 0 Å². The first-order valence-corrected chi connectivity index (χ1v) is 6.69. The second-order valence-electron chi connectivity index (χ2n) is 4.21. The smallest absolute Gasteiger partial charge is 0.161 e. The van der Waals surface area contributed by atoms with Gasteiger partial charge in [0, 0.05) is 12.8 Å². The summed E-state index contributed by atoms with van der Waals surface area (Å²) in [5.74, 6) is 0.0754. The molecule has 1 rings (SSSR count). The zero-order valence-electron chi connectivity index (χ0n) is 9.71. The van der Waals surface area contributed by atoms with Gasteiger partial charge in [-0.3, -0.25) is 4.79 Å². The molecule has 3 heteroatoms. The molecule has 0 saturated carbocycles. The summed E-state index contributed by atoms with van der Waals surface area (Å²) in [6.07, 6.45) is 8.84. The Balaban J connectivity index is 2.36. The average Bonchev–Trinajstić information content (AvgIpc) is 2.52. The second kappa shape index (κ2) is 7.02. The zero-order valence-corrected chi connectivity index (χ0v) is 11.3. The number of aliphatic hydroxyl groups excluding tert-OH is 1. The Morgan fingerprint density at radius 2 is 2.38 bits per heavy atom. The minimum absolute atomic E-state index is 0.0754. The molecule has 0 aliphatic heterocycles. The number of hydrogen-bond acceptors (Lipinski definition) is 2. The Labute approximate surface area is 106 Å². The number of unbranched alkanes of at least 4 members (excludes halogenated alkanes) is 3. The lowest BCUT2D eigenvalue weighted by molar-refractivity contribution is -0.115. The Morgan fingerprint density at radius 1 is 1.62 bits per heavy atom. The van der Waals surface area contributed by atoms with Crippen LogP contribution in [-0.4, -0.2) is 17.0 Å². The molecule has 90 valence electrons. The van der Waals surface area contributed by atoms with E-state index in [1.807, 2.05) is 0 Å². The van der Waals surface area contributed by atoms with E-state index in [0.717, 1.165) is 16.5 Å². The minimum Gasteiger partial charge on any atom is -0.389 e. The Kier molecular flexibility index (Phi) is 5.99. The lowest BCUT2D eigenvalue weighted by Crippen LogP contribution is -2.01. The molecule has 0 fully saturated rings. The van der Waals surface area contributed by atoms with Gasteiger partial charge in [0.15, 0.2) is 5.78 Å². The number of carbonyl (C=O) groups is 1. The third-order valence-corrected chi connectivity index (χ3v) is 3.28. The molecule has 2 nitrogen and oxygen atoms in total. The summed E-state index contributed by atoms with van der Waals surface area (Å²) in [7, 11) is 0. The highest BCUT2D eigenvalue weighted by Gasteiger charge is 2.21. The van der Waals surface area contributed by atoms with Crippen molar-refractivity contribution in [1.29, 1.82) is 0 Å². The molecular weight excluding hydrogens is 268 g/mol. The van der Waals surface area contributed by atoms with Gasteiger partial charge in [-0.2, -0.15) is 0 Å². The highest BCUT2D eigenvalue weighted by atomic mass is 79.9. The predicted molar refractivity (Wildman–Crippen MR) is 69.5 cm³/mol. The standard InChI is InChI=1S/C13H19BrO2/c1-2-3-4-5-6-11(14)7-10-8-12(15)9-13(10)16/h6,8,12,15H,2-5,7,9H2,1H3/b11-6-/t12-/m0/s1. The first-order chi connectivity index (χ1) is 7.63. The van der Waals surface area contributed by atoms with Gasteiger partial charge < -0.3 is 5.11 Å². The molecule has 1 N–H and O–H groups in total. The maximum Gasteiger partial charge on any atom is 0.161 e. The first-order valence-electron chi connectivity index (χ1n) is 5.90. The summed E-state index contributed by atoms with van der Waals surface area (Å²) < 4.78 is 1.05. The fourth-order valence-electron chi connectivity index (χ4n) is 1.77. The monoisotopic (exact) mass is 286 g/mol. The van der Waals surface area contributed by atoms with Crippen LogP contribution in [0.2, 0.25) is 0 Å². The molecular formula is C13H19BrO2. The van der Waals surface area contributed by atoms with E-state index < -0.39 is 6.10 Å². The van der Waals surface area contributed by atoms with Crippen molar-refractivity contribution in [1.82, 2.24) is 0 Å². The van der Waals surface area contributed by atoms with E-state index in [1.54, 1.807) is 6.08 Å². The van der Waals surface area contributed by atoms with Crippen molar-refractivity contribution in [2.45, 2.75) is 51.6 Å². The van der Waals surface area contributed by atoms with Gasteiger partial charge in [-0.1, -0.05) is 41.8 Å². The normalized spacial score (nSPS) is 21.4. The summed E-state index contributed by atoms with van der Waals surface area (Å²) >= 11 is 3.47. The van der Waals surface area contributed by atoms with Crippen LogP contribution in [0.1, 0.15) is 45.4 Å². The number of hydrogen-bond donors (Lipinski definition) is 1. The molecule has 16 heavy (non-hydrogen) atoms. The number of allylic oxidation sites excluding steroid dienone is 3. The SMILES string of the molecule is CCCCC/C=C(\Br)CC1=C[C@H](O)CC1=O. The van der Waals surface area contributed by atoms with Crippen molar-refractivity contribution in [3.63, 3.8) is 0 Å². The van der Waals surface area contributed by atoms with Crippen LogP contribution >= 0.6 is 15.9 Å². The summed E-state index contributed by atoms with van der Waals surface area (Å²) in [5.41, 5.74) is 0.742. The molecule has 1 atom stereocenters. The number of ketones is 1. The van der Waals surface area contributed by atoms with Gasteiger partial charge in [-0.25, -0.2) is 0 Å². The Bertz CT molecular complexity index is 305. The molecule has 0 heterocycles. The van der Waals surface area contributed by atoms with Gasteiger partial charge in [0.05, 0.1) is 6.10 Å². The largest absolute Gasteiger partial charge is 0.389 e. The highest BCUT2D eigenvalue weighted by Crippen LogP contribution is 2.25. The lowest BCUT2D eigenvalue weighted by atomic mass is 10.1. The van der Waals surface area contributed by atoms with E-state index in [-0.39, 0.29) is 12.2 Å². The first kappa shape index (κ1) is 13.7. The topological polar surface area (TPSA) is 37.3 Å². The molecule has 0 aromatic rings. The van der Waals surface area contributed by atoms with Gasteiger partial charge in [-0.15, -0.1) is 0 Å². The zero-order chi connectivity index (χ0) is 12.0. The summed E-state index contributed by atoms with van der Waals surface area (Å²) in [6.45, 7) is 2.18. The van der Waals surface area contributed by atoms with Gasteiger partial charge in [0.2, 0.25) is 0 Å². The molecule has 0 bridgehead atoms. The van der Waals surface area contributed by atoms with Crippen molar-refractivity contribution in [2.75, 3.05) is 0 Å². The number of aliphatic hydroxyl groups is 1. The summed E-state index contributed by atoms with van der Waals surface area (Å²) in [5, 5.41) is 9.30. The molecule has 1 aliphatic carbocycles. The van der Waals surface area contributed by atoms with Gasteiger partial charge in [0.1, 0.15) is 0 Å². The fraction of sp³-hybridized carbons (Fsp3) is 0.615. The van der Waals surface area contributed by atoms with Crippen LogP contribution < -0.4 is 0 Å². The molecule has 0 spiro atoms. The van der Waals surface area contributed by atoms with Gasteiger partial charge in [-0.05, 0) is 29.0 Å². The number of carbonyl (C=O) groups excluding carboxylic acids is 1. The van der Waals surface area contributed by atoms with E-state index in [9.17, 15) is 9.90 Å². The number of Topliss-reactive ketones (excluding diaryl/α,β-unsaturated/α-hetero) is 1. The van der Waals surface area contributed by atoms with Crippen LogP contribution in [0.25, 0.3) is 0 Å². The van der Waals surface area contributed by atoms with E-state index in [4.69, 9.17) is 0 Å². The van der Waals surface area contributed by atoms with E-state index in [1.165, 1.54) is 19.3 Å². The highest BCUT2D eigenvalue weighted by molar-refractivity contribution is 9.11. The van der Waals surface area contributed by atoms with Crippen LogP contribution in [0.3, 0.4) is 0 Å². The van der Waals surface area contributed by atoms with Crippen molar-refractivity contribution >= 4 is 21.7 Å². The average molecular weight is 287 g/mol. The quantitative estimate of drug-likeness (QED) is 0.759. The van der Waals surface area contributed by atoms with E-state index in [2.05, 4.69) is 28.9 Å². The molecule has 1 aliphatic rings. The van der Waals surface area contributed by atoms with Crippen LogP contribution in [0.4, 0.5) is 0 Å². The maximum atomic E-state index is 11.4. The van der Waals surface area contributed by atoms with Crippen LogP contribution in [0, 0.1) is 0 Å².